The van der Waals surface area contributed by atoms with Crippen molar-refractivity contribution >= 4 is 5.97 Å². The zero-order chi connectivity index (χ0) is 15.2. The molecule has 2 aromatic rings. The van der Waals surface area contributed by atoms with E-state index in [9.17, 15) is 9.18 Å². The molecule has 0 saturated heterocycles. The Morgan fingerprint density at radius 1 is 1.43 bits per heavy atom. The minimum Gasteiger partial charge on any atom is -0.480 e. The van der Waals surface area contributed by atoms with Gasteiger partial charge in [-0.3, -0.25) is 9.69 Å². The molecular weight excluding hydrogens is 275 g/mol. The summed E-state index contributed by atoms with van der Waals surface area (Å²) in [5, 5.41) is 8.81. The van der Waals surface area contributed by atoms with E-state index in [2.05, 4.69) is 10.9 Å². The molecule has 0 bridgehead atoms. The molecule has 0 aliphatic heterocycles. The van der Waals surface area contributed by atoms with Crippen molar-refractivity contribution in [3.05, 3.63) is 42.0 Å². The molecule has 0 radical (unpaired) electrons. The number of oxazole rings is 1. The predicted octanol–water partition coefficient (Wildman–Crippen LogP) is 2.00. The second-order valence-corrected chi connectivity index (χ2v) is 4.39. The maximum absolute atomic E-state index is 12.9. The van der Waals surface area contributed by atoms with Crippen LogP contribution in [0, 0.1) is 18.2 Å². The highest BCUT2D eigenvalue weighted by Crippen LogP contribution is 2.19. The molecule has 1 aromatic heterocycles. The van der Waals surface area contributed by atoms with E-state index in [1.54, 1.807) is 17.0 Å². The summed E-state index contributed by atoms with van der Waals surface area (Å²) in [6.07, 6.45) is 6.64. The second-order valence-electron chi connectivity index (χ2n) is 4.39. The summed E-state index contributed by atoms with van der Waals surface area (Å²) in [4.78, 5) is 16.5. The number of rotatable bonds is 6. The first-order chi connectivity index (χ1) is 10.1. The van der Waals surface area contributed by atoms with Gasteiger partial charge in [-0.2, -0.15) is 0 Å². The third kappa shape index (κ3) is 4.16. The van der Waals surface area contributed by atoms with Gasteiger partial charge < -0.3 is 9.52 Å². The minimum atomic E-state index is -0.965. The molecule has 21 heavy (non-hydrogen) atoms. The monoisotopic (exact) mass is 288 g/mol. The molecular formula is C15H13FN2O3. The van der Waals surface area contributed by atoms with E-state index in [-0.39, 0.29) is 25.5 Å². The Hall–Kier alpha value is -2.65. The Morgan fingerprint density at radius 2 is 2.14 bits per heavy atom. The number of nitrogens with zero attached hydrogens (tertiary/aromatic N) is 2. The SMILES string of the molecule is C#CCN(CC(=O)O)Cc1coc(-c2ccc(F)cc2)n1. The molecule has 0 aliphatic carbocycles. The molecule has 0 spiro atoms. The summed E-state index contributed by atoms with van der Waals surface area (Å²) in [7, 11) is 0. The van der Waals surface area contributed by atoms with Crippen LogP contribution in [-0.4, -0.2) is 34.0 Å². The normalized spacial score (nSPS) is 10.5. The highest BCUT2D eigenvalue weighted by atomic mass is 19.1. The highest BCUT2D eigenvalue weighted by Gasteiger charge is 2.13. The van der Waals surface area contributed by atoms with Crippen LogP contribution >= 0.6 is 0 Å². The molecule has 2 rings (SSSR count). The summed E-state index contributed by atoms with van der Waals surface area (Å²) < 4.78 is 18.2. The van der Waals surface area contributed by atoms with Crippen LogP contribution in [0.4, 0.5) is 4.39 Å². The first-order valence-corrected chi connectivity index (χ1v) is 6.16. The maximum atomic E-state index is 12.9. The van der Waals surface area contributed by atoms with E-state index in [4.69, 9.17) is 15.9 Å². The molecule has 0 aliphatic rings. The average molecular weight is 288 g/mol. The van der Waals surface area contributed by atoms with Gasteiger partial charge in [0.2, 0.25) is 5.89 Å². The summed E-state index contributed by atoms with van der Waals surface area (Å²) in [5.74, 6) is 1.44. The van der Waals surface area contributed by atoms with Gasteiger partial charge in [0.25, 0.3) is 0 Å². The Bertz CT molecular complexity index is 658. The highest BCUT2D eigenvalue weighted by molar-refractivity contribution is 5.69. The number of carboxylic acid groups (broad SMARTS) is 1. The number of aliphatic carboxylic acids is 1. The fourth-order valence-electron chi connectivity index (χ4n) is 1.82. The third-order valence-electron chi connectivity index (χ3n) is 2.70. The lowest BCUT2D eigenvalue weighted by Crippen LogP contribution is -2.29. The lowest BCUT2D eigenvalue weighted by molar-refractivity contribution is -0.138. The fraction of sp³-hybridized carbons (Fsp3) is 0.200. The van der Waals surface area contributed by atoms with Crippen molar-refractivity contribution in [1.29, 1.82) is 0 Å². The van der Waals surface area contributed by atoms with Crippen molar-refractivity contribution in [3.8, 4) is 23.8 Å². The maximum Gasteiger partial charge on any atom is 0.317 e. The Balaban J connectivity index is 2.10. The summed E-state index contributed by atoms with van der Waals surface area (Å²) in [6.45, 7) is 0.287. The van der Waals surface area contributed by atoms with Crippen LogP contribution in [-0.2, 0) is 11.3 Å². The van der Waals surface area contributed by atoms with E-state index in [1.807, 2.05) is 0 Å². The van der Waals surface area contributed by atoms with Gasteiger partial charge in [0.15, 0.2) is 0 Å². The number of aromatic nitrogens is 1. The van der Waals surface area contributed by atoms with Crippen LogP contribution in [0.3, 0.4) is 0 Å². The van der Waals surface area contributed by atoms with Crippen LogP contribution in [0.1, 0.15) is 5.69 Å². The van der Waals surface area contributed by atoms with E-state index in [0.717, 1.165) is 0 Å². The number of hydrogen-bond acceptors (Lipinski definition) is 4. The number of carbonyl (C=O) groups is 1. The third-order valence-corrected chi connectivity index (χ3v) is 2.70. The molecule has 0 saturated carbocycles. The van der Waals surface area contributed by atoms with Gasteiger partial charge in [-0.15, -0.1) is 6.42 Å². The molecule has 5 nitrogen and oxygen atoms in total. The summed E-state index contributed by atoms with van der Waals surface area (Å²) in [6, 6.07) is 5.74. The molecule has 6 heteroatoms. The van der Waals surface area contributed by atoms with Crippen molar-refractivity contribution in [1.82, 2.24) is 9.88 Å². The molecule has 0 amide bonds. The van der Waals surface area contributed by atoms with Crippen molar-refractivity contribution in [2.24, 2.45) is 0 Å². The van der Waals surface area contributed by atoms with Crippen molar-refractivity contribution < 1.29 is 18.7 Å². The van der Waals surface area contributed by atoms with Crippen molar-refractivity contribution in [2.75, 3.05) is 13.1 Å². The Labute approximate surface area is 121 Å². The van der Waals surface area contributed by atoms with Gasteiger partial charge in [-0.05, 0) is 24.3 Å². The number of terminal acetylenes is 1. The zero-order valence-corrected chi connectivity index (χ0v) is 11.1. The number of carboxylic acids is 1. The molecule has 0 fully saturated rings. The lowest BCUT2D eigenvalue weighted by atomic mass is 10.2. The molecule has 1 aromatic carbocycles. The van der Waals surface area contributed by atoms with Gasteiger partial charge in [0.1, 0.15) is 12.1 Å². The number of hydrogen-bond donors (Lipinski definition) is 1. The standard InChI is InChI=1S/C15H13FN2O3/c1-2-7-18(9-14(19)20)8-13-10-21-15(17-13)11-3-5-12(16)6-4-11/h1,3-6,10H,7-9H2,(H,19,20). The largest absolute Gasteiger partial charge is 0.480 e. The van der Waals surface area contributed by atoms with Crippen LogP contribution in [0.25, 0.3) is 11.5 Å². The lowest BCUT2D eigenvalue weighted by Gasteiger charge is -2.14. The molecule has 108 valence electrons. The van der Waals surface area contributed by atoms with Crippen molar-refractivity contribution in [3.63, 3.8) is 0 Å². The van der Waals surface area contributed by atoms with Crippen LogP contribution < -0.4 is 0 Å². The summed E-state index contributed by atoms with van der Waals surface area (Å²) >= 11 is 0. The van der Waals surface area contributed by atoms with E-state index in [1.165, 1.54) is 18.4 Å². The average Bonchev–Trinajstić information content (AvgIpc) is 2.87. The van der Waals surface area contributed by atoms with Gasteiger partial charge in [-0.1, -0.05) is 5.92 Å². The summed E-state index contributed by atoms with van der Waals surface area (Å²) in [5.41, 5.74) is 1.20. The fourth-order valence-corrected chi connectivity index (χ4v) is 1.82. The smallest absolute Gasteiger partial charge is 0.317 e. The topological polar surface area (TPSA) is 66.6 Å². The van der Waals surface area contributed by atoms with Gasteiger partial charge in [0.05, 0.1) is 18.8 Å². The quantitative estimate of drug-likeness (QED) is 0.823. The van der Waals surface area contributed by atoms with Crippen LogP contribution in [0.5, 0.6) is 0 Å². The number of benzene rings is 1. The zero-order valence-electron chi connectivity index (χ0n) is 11.1. The first kappa shape index (κ1) is 14.8. The molecule has 1 N–H and O–H groups in total. The van der Waals surface area contributed by atoms with Gasteiger partial charge >= 0.3 is 5.97 Å². The molecule has 0 unspecified atom stereocenters. The van der Waals surface area contributed by atoms with Crippen molar-refractivity contribution in [2.45, 2.75) is 6.54 Å². The number of halogens is 1. The Kier molecular flexibility index (Phi) is 4.69. The Morgan fingerprint density at radius 3 is 2.76 bits per heavy atom. The minimum absolute atomic E-state index is 0.178. The second kappa shape index (κ2) is 6.68. The molecule has 1 heterocycles. The van der Waals surface area contributed by atoms with E-state index >= 15 is 0 Å². The van der Waals surface area contributed by atoms with E-state index in [0.29, 0.717) is 17.1 Å². The van der Waals surface area contributed by atoms with E-state index < -0.39 is 5.97 Å². The first-order valence-electron chi connectivity index (χ1n) is 6.16. The van der Waals surface area contributed by atoms with Gasteiger partial charge in [0, 0.05) is 12.1 Å². The van der Waals surface area contributed by atoms with Gasteiger partial charge in [-0.25, -0.2) is 9.37 Å². The van der Waals surface area contributed by atoms with Crippen LogP contribution in [0.15, 0.2) is 34.9 Å². The predicted molar refractivity (Wildman–Crippen MR) is 73.6 cm³/mol. The van der Waals surface area contributed by atoms with Crippen LogP contribution in [0.2, 0.25) is 0 Å². The molecule has 0 atom stereocenters.